The largest absolute Gasteiger partial charge is 0.319 e. The van der Waals surface area contributed by atoms with Crippen LogP contribution >= 0.6 is 34.3 Å². The molecule has 1 amide bonds. The minimum atomic E-state index is -0.124. The van der Waals surface area contributed by atoms with Crippen LogP contribution in [-0.2, 0) is 18.3 Å². The Morgan fingerprint density at radius 2 is 2.25 bits per heavy atom. The van der Waals surface area contributed by atoms with Gasteiger partial charge in [0.25, 0.3) is 5.91 Å². The first-order valence-corrected chi connectivity index (χ1v) is 8.06. The van der Waals surface area contributed by atoms with E-state index in [2.05, 4.69) is 4.99 Å². The number of amides is 1. The van der Waals surface area contributed by atoms with Crippen molar-refractivity contribution in [3.8, 4) is 0 Å². The summed E-state index contributed by atoms with van der Waals surface area (Å²) in [5, 5.41) is 2.65. The van der Waals surface area contributed by atoms with E-state index in [9.17, 15) is 4.79 Å². The van der Waals surface area contributed by atoms with Crippen molar-refractivity contribution in [3.05, 3.63) is 50.4 Å². The van der Waals surface area contributed by atoms with E-state index in [1.54, 1.807) is 11.3 Å². The smallest absolute Gasteiger partial charge is 0.253 e. The van der Waals surface area contributed by atoms with Crippen LogP contribution in [0.3, 0.4) is 0 Å². The zero-order valence-corrected chi connectivity index (χ0v) is 13.1. The third kappa shape index (κ3) is 2.70. The Balaban J connectivity index is 1.99. The molecule has 2 heterocycles. The molecule has 3 rings (SSSR count). The Morgan fingerprint density at radius 1 is 1.40 bits per heavy atom. The van der Waals surface area contributed by atoms with Gasteiger partial charge in [-0.2, -0.15) is 4.99 Å². The molecule has 102 valence electrons. The molecule has 0 unspecified atom stereocenters. The summed E-state index contributed by atoms with van der Waals surface area (Å²) >= 11 is 9.03. The monoisotopic (exact) mass is 322 g/mol. The molecular weight excluding hydrogens is 312 g/mol. The topological polar surface area (TPSA) is 34.4 Å². The predicted molar refractivity (Wildman–Crippen MR) is 84.4 cm³/mol. The van der Waals surface area contributed by atoms with Crippen LogP contribution in [0.1, 0.15) is 4.88 Å². The number of aromatic nitrogens is 1. The molecule has 0 aliphatic carbocycles. The molecular formula is C14H11ClN2OS2. The SMILES string of the molecule is Cn1c(=NC(=O)Cc2cccs2)sc2cc(Cl)ccc21. The molecule has 0 radical (unpaired) electrons. The fraction of sp³-hybridized carbons (Fsp3) is 0.143. The van der Waals surface area contributed by atoms with E-state index in [0.717, 1.165) is 15.1 Å². The summed E-state index contributed by atoms with van der Waals surface area (Å²) in [6.07, 6.45) is 0.354. The van der Waals surface area contributed by atoms with Crippen molar-refractivity contribution in [2.45, 2.75) is 6.42 Å². The van der Waals surface area contributed by atoms with Gasteiger partial charge in [0.2, 0.25) is 0 Å². The Morgan fingerprint density at radius 3 is 3.00 bits per heavy atom. The van der Waals surface area contributed by atoms with Crippen molar-refractivity contribution >= 4 is 50.4 Å². The number of carbonyl (C=O) groups is 1. The molecule has 0 fully saturated rings. The van der Waals surface area contributed by atoms with Crippen LogP contribution in [-0.4, -0.2) is 10.5 Å². The minimum absolute atomic E-state index is 0.124. The fourth-order valence-corrected chi connectivity index (χ4v) is 3.93. The summed E-state index contributed by atoms with van der Waals surface area (Å²) in [4.78, 5) is 17.9. The lowest BCUT2D eigenvalue weighted by atomic mass is 10.3. The second-order valence-corrected chi connectivity index (χ2v) is 6.80. The van der Waals surface area contributed by atoms with E-state index in [-0.39, 0.29) is 5.91 Å². The number of fused-ring (bicyclic) bond motifs is 1. The van der Waals surface area contributed by atoms with Crippen LogP contribution < -0.4 is 4.80 Å². The standard InChI is InChI=1S/C14H11ClN2OS2/c1-17-11-5-4-9(15)7-12(11)20-14(17)16-13(18)8-10-3-2-6-19-10/h2-7H,8H2,1H3. The number of thiophene rings is 1. The van der Waals surface area contributed by atoms with Gasteiger partial charge in [0.05, 0.1) is 16.6 Å². The Hall–Kier alpha value is -1.43. The van der Waals surface area contributed by atoms with Crippen LogP contribution in [0.2, 0.25) is 5.02 Å². The van der Waals surface area contributed by atoms with Gasteiger partial charge in [0.1, 0.15) is 0 Å². The number of benzene rings is 1. The van der Waals surface area contributed by atoms with E-state index in [4.69, 9.17) is 11.6 Å². The van der Waals surface area contributed by atoms with Crippen LogP contribution in [0.15, 0.2) is 40.7 Å². The van der Waals surface area contributed by atoms with Crippen LogP contribution in [0.25, 0.3) is 10.2 Å². The van der Waals surface area contributed by atoms with E-state index >= 15 is 0 Å². The van der Waals surface area contributed by atoms with Crippen LogP contribution in [0.4, 0.5) is 0 Å². The molecule has 0 bridgehead atoms. The second kappa shape index (κ2) is 5.52. The molecule has 0 saturated carbocycles. The normalized spacial score (nSPS) is 12.2. The number of nitrogens with zero attached hydrogens (tertiary/aromatic N) is 2. The number of hydrogen-bond donors (Lipinski definition) is 0. The van der Waals surface area contributed by atoms with Gasteiger partial charge in [0, 0.05) is 16.9 Å². The fourth-order valence-electron chi connectivity index (χ4n) is 1.92. The van der Waals surface area contributed by atoms with Gasteiger partial charge < -0.3 is 4.57 Å². The molecule has 0 spiro atoms. The van der Waals surface area contributed by atoms with Gasteiger partial charge in [-0.15, -0.1) is 11.3 Å². The van der Waals surface area contributed by atoms with Gasteiger partial charge in [-0.1, -0.05) is 29.0 Å². The summed E-state index contributed by atoms with van der Waals surface area (Å²) in [6, 6.07) is 9.56. The molecule has 20 heavy (non-hydrogen) atoms. The molecule has 0 N–H and O–H groups in total. The van der Waals surface area contributed by atoms with Crippen molar-refractivity contribution < 1.29 is 4.79 Å². The van der Waals surface area contributed by atoms with E-state index in [1.165, 1.54) is 11.3 Å². The van der Waals surface area contributed by atoms with Crippen molar-refractivity contribution in [2.75, 3.05) is 0 Å². The van der Waals surface area contributed by atoms with Gasteiger partial charge in [-0.25, -0.2) is 0 Å². The van der Waals surface area contributed by atoms with Gasteiger partial charge in [0.15, 0.2) is 4.80 Å². The number of rotatable bonds is 2. The first-order valence-electron chi connectivity index (χ1n) is 5.98. The zero-order valence-electron chi connectivity index (χ0n) is 10.7. The Bertz CT molecular complexity index is 831. The molecule has 3 aromatic rings. The first kappa shape index (κ1) is 13.5. The number of hydrogen-bond acceptors (Lipinski definition) is 3. The van der Waals surface area contributed by atoms with E-state index < -0.39 is 0 Å². The molecule has 1 aromatic carbocycles. The number of thiazole rings is 1. The number of aryl methyl sites for hydroxylation is 1. The molecule has 0 saturated heterocycles. The highest BCUT2D eigenvalue weighted by Crippen LogP contribution is 2.21. The average molecular weight is 323 g/mol. The molecule has 2 aromatic heterocycles. The van der Waals surface area contributed by atoms with Gasteiger partial charge in [-0.3, -0.25) is 4.79 Å². The quantitative estimate of drug-likeness (QED) is 0.709. The summed E-state index contributed by atoms with van der Waals surface area (Å²) in [7, 11) is 1.91. The summed E-state index contributed by atoms with van der Waals surface area (Å²) in [6.45, 7) is 0. The molecule has 0 aliphatic heterocycles. The zero-order chi connectivity index (χ0) is 14.1. The molecule has 0 atom stereocenters. The summed E-state index contributed by atoms with van der Waals surface area (Å²) in [5.41, 5.74) is 1.03. The van der Waals surface area contributed by atoms with Crippen molar-refractivity contribution in [1.82, 2.24) is 4.57 Å². The highest BCUT2D eigenvalue weighted by molar-refractivity contribution is 7.16. The third-order valence-corrected chi connectivity index (χ3v) is 5.10. The van der Waals surface area contributed by atoms with E-state index in [0.29, 0.717) is 16.2 Å². The average Bonchev–Trinajstić information content (AvgIpc) is 2.99. The van der Waals surface area contributed by atoms with Gasteiger partial charge in [-0.05, 0) is 29.6 Å². The summed E-state index contributed by atoms with van der Waals surface area (Å²) in [5.74, 6) is -0.124. The number of halogens is 1. The van der Waals surface area contributed by atoms with Crippen LogP contribution in [0, 0.1) is 0 Å². The summed E-state index contributed by atoms with van der Waals surface area (Å²) < 4.78 is 2.95. The third-order valence-electron chi connectivity index (χ3n) is 2.90. The van der Waals surface area contributed by atoms with Crippen molar-refractivity contribution in [2.24, 2.45) is 12.0 Å². The lowest BCUT2D eigenvalue weighted by molar-refractivity contribution is -0.117. The molecule has 3 nitrogen and oxygen atoms in total. The Labute approximate surface area is 128 Å². The lowest BCUT2D eigenvalue weighted by Gasteiger charge is -1.95. The lowest BCUT2D eigenvalue weighted by Crippen LogP contribution is -2.13. The second-order valence-electron chi connectivity index (χ2n) is 4.32. The number of carbonyl (C=O) groups excluding carboxylic acids is 1. The molecule has 0 aliphatic rings. The maximum Gasteiger partial charge on any atom is 0.253 e. The highest BCUT2D eigenvalue weighted by atomic mass is 35.5. The van der Waals surface area contributed by atoms with Gasteiger partial charge >= 0.3 is 0 Å². The van der Waals surface area contributed by atoms with Crippen molar-refractivity contribution in [3.63, 3.8) is 0 Å². The predicted octanol–water partition coefficient (Wildman–Crippen LogP) is 3.62. The Kier molecular flexibility index (Phi) is 3.74. The first-order chi connectivity index (χ1) is 9.63. The molecule has 6 heteroatoms. The maximum absolute atomic E-state index is 12.0. The van der Waals surface area contributed by atoms with E-state index in [1.807, 2.05) is 47.3 Å². The maximum atomic E-state index is 12.0. The van der Waals surface area contributed by atoms with Crippen LogP contribution in [0.5, 0.6) is 0 Å². The minimum Gasteiger partial charge on any atom is -0.319 e. The highest BCUT2D eigenvalue weighted by Gasteiger charge is 2.06. The van der Waals surface area contributed by atoms with Crippen molar-refractivity contribution in [1.29, 1.82) is 0 Å².